The Morgan fingerprint density at radius 2 is 1.82 bits per heavy atom. The van der Waals surface area contributed by atoms with Gasteiger partial charge in [0.1, 0.15) is 0 Å². The second-order valence-electron chi connectivity index (χ2n) is 4.66. The van der Waals surface area contributed by atoms with Crippen LogP contribution in [0.3, 0.4) is 0 Å². The predicted octanol–water partition coefficient (Wildman–Crippen LogP) is 4.51. The molecule has 0 N–H and O–H groups in total. The molecule has 2 aliphatic rings. The van der Waals surface area contributed by atoms with Gasteiger partial charge in [-0.05, 0) is 0 Å². The second kappa shape index (κ2) is 8.19. The van der Waals surface area contributed by atoms with E-state index in [1.807, 2.05) is 6.66 Å². The van der Waals surface area contributed by atoms with Crippen LogP contribution in [0.4, 0.5) is 0 Å². The first-order chi connectivity index (χ1) is 7.20. The summed E-state index contributed by atoms with van der Waals surface area (Å²) in [5, 5.41) is 0. The van der Waals surface area contributed by atoms with E-state index in [1.54, 1.807) is 5.57 Å². The van der Waals surface area contributed by atoms with Crippen LogP contribution in [0, 0.1) is 0 Å². The predicted molar refractivity (Wildman–Crippen MR) is 81.7 cm³/mol. The Labute approximate surface area is 127 Å². The minimum absolute atomic E-state index is 0. The van der Waals surface area contributed by atoms with Gasteiger partial charge in [0.2, 0.25) is 0 Å². The molecule has 17 heavy (non-hydrogen) atoms. The van der Waals surface area contributed by atoms with Crippen molar-refractivity contribution in [2.24, 2.45) is 0 Å². The molecule has 0 bridgehead atoms. The molecule has 0 aliphatic heterocycles. The Hall–Kier alpha value is 0.953. The van der Waals surface area contributed by atoms with Crippen LogP contribution in [0.5, 0.6) is 0 Å². The molecule has 0 nitrogen and oxygen atoms in total. The normalized spacial score (nSPS) is 17.1. The molecule has 0 amide bonds. The number of halogens is 2. The topological polar surface area (TPSA) is 0 Å². The molecular formula is C13H21Cl2GeHf. The summed E-state index contributed by atoms with van der Waals surface area (Å²) in [6.45, 7) is 2.33. The molecule has 0 unspecified atom stereocenters. The van der Waals surface area contributed by atoms with Crippen LogP contribution in [0.25, 0.3) is 0 Å². The van der Waals surface area contributed by atoms with E-state index in [1.165, 1.54) is 12.8 Å². The van der Waals surface area contributed by atoms with E-state index in [0.29, 0.717) is 0 Å². The van der Waals surface area contributed by atoms with Crippen LogP contribution < -0.4 is 0 Å². The molecule has 2 aliphatic carbocycles. The van der Waals surface area contributed by atoms with Crippen molar-refractivity contribution in [2.75, 3.05) is 0 Å². The van der Waals surface area contributed by atoms with Crippen LogP contribution in [-0.2, 0) is 19.0 Å². The molecule has 0 spiro atoms. The zero-order valence-electron chi connectivity index (χ0n) is 10.7. The molecule has 0 saturated heterocycles. The summed E-state index contributed by atoms with van der Waals surface area (Å²) in [6.07, 6.45) is 14.4. The van der Waals surface area contributed by atoms with Crippen LogP contribution in [-0.4, -0.2) is 10.6 Å². The Balaban J connectivity index is 0.00000128. The maximum absolute atomic E-state index is 2.62. The monoisotopic (exact) mass is 501 g/mol. The van der Waals surface area contributed by atoms with Crippen molar-refractivity contribution < 1.29 is 19.0 Å². The van der Waals surface area contributed by atoms with Gasteiger partial charge in [0.15, 0.2) is 0 Å². The van der Waals surface area contributed by atoms with Gasteiger partial charge in [-0.15, -0.1) is 24.8 Å². The van der Waals surface area contributed by atoms with E-state index in [-0.39, 0.29) is 24.8 Å². The van der Waals surface area contributed by atoms with Gasteiger partial charge in [-0.2, -0.15) is 0 Å². The van der Waals surface area contributed by atoms with E-state index >= 15 is 0 Å². The van der Waals surface area contributed by atoms with Crippen molar-refractivity contribution in [3.63, 3.8) is 0 Å². The molecule has 0 atom stereocenters. The molecule has 4 heteroatoms. The van der Waals surface area contributed by atoms with Gasteiger partial charge in [0.25, 0.3) is 0 Å². The van der Waals surface area contributed by atoms with Gasteiger partial charge >= 0.3 is 103 Å². The summed E-state index contributed by atoms with van der Waals surface area (Å²) in [5.74, 6) is 5.24. The molecule has 0 aromatic rings. The fourth-order valence-corrected chi connectivity index (χ4v) is 48.6. The Morgan fingerprint density at radius 3 is 2.24 bits per heavy atom. The summed E-state index contributed by atoms with van der Waals surface area (Å²) in [7, 11) is -0.894. The first kappa shape index (κ1) is 18.0. The first-order valence-electron chi connectivity index (χ1n) is 5.79. The largest absolute Gasteiger partial charge is 0.147 e. The molecule has 95 valence electrons. The molecule has 0 saturated carbocycles. The van der Waals surface area contributed by atoms with Crippen molar-refractivity contribution >= 4 is 35.5 Å². The third kappa shape index (κ3) is 4.22. The summed E-state index contributed by atoms with van der Waals surface area (Å²) < 4.78 is 3.83. The maximum atomic E-state index is 2.62. The average Bonchev–Trinajstić information content (AvgIpc) is 2.79. The number of allylic oxidation sites excluding steroid dienone is 8. The summed E-state index contributed by atoms with van der Waals surface area (Å²) >= 11 is -1.48. The number of rotatable bonds is 3. The molecule has 0 radical (unpaired) electrons. The molecule has 0 fully saturated rings. The summed E-state index contributed by atoms with van der Waals surface area (Å²) in [5.41, 5.74) is 1.63. The first-order valence-corrected chi connectivity index (χ1v) is 26.2. The average molecular weight is 499 g/mol. The standard InChI is InChI=1S/C6H7.C5H5.C2H7Ge.2ClH.Hf/c1-6-4-2-3-5-6;1-2-4-5-3-1;1-3-2;;;/h2,4H,3H2,1H3;1-3H,4H2;3H,1-2H3;2*1H;. The van der Waals surface area contributed by atoms with E-state index in [2.05, 4.69) is 48.8 Å². The third-order valence-corrected chi connectivity index (χ3v) is 47.8. The van der Waals surface area contributed by atoms with Crippen molar-refractivity contribution in [1.29, 1.82) is 0 Å². The van der Waals surface area contributed by atoms with E-state index in [0.717, 1.165) is 0 Å². The van der Waals surface area contributed by atoms with Gasteiger partial charge in [0.05, 0.1) is 0 Å². The SMILES string of the molecule is CC1=[C]([Hf]([C]2=CC=CC2)[GeH]([CH3])[CH3])CC=C1.Cl.Cl. The minimum Gasteiger partial charge on any atom is -0.147 e. The number of hydrogen-bond acceptors (Lipinski definition) is 0. The van der Waals surface area contributed by atoms with Crippen LogP contribution in [0.15, 0.2) is 42.6 Å². The molecule has 0 heterocycles. The fourth-order valence-electron chi connectivity index (χ4n) is 2.50. The van der Waals surface area contributed by atoms with Gasteiger partial charge in [-0.1, -0.05) is 0 Å². The van der Waals surface area contributed by atoms with Gasteiger partial charge in [0, 0.05) is 0 Å². The van der Waals surface area contributed by atoms with Gasteiger partial charge < -0.3 is 0 Å². The molecule has 2 rings (SSSR count). The number of hydrogen-bond donors (Lipinski definition) is 0. The zero-order valence-corrected chi connectivity index (χ0v) is 18.3. The second-order valence-corrected chi connectivity index (χ2v) is 48.4. The van der Waals surface area contributed by atoms with E-state index in [4.69, 9.17) is 0 Å². The molecule has 0 aromatic heterocycles. The van der Waals surface area contributed by atoms with Crippen molar-refractivity contribution in [3.05, 3.63) is 42.6 Å². The minimum atomic E-state index is -1.48. The summed E-state index contributed by atoms with van der Waals surface area (Å²) in [4.78, 5) is 0. The van der Waals surface area contributed by atoms with Crippen LogP contribution >= 0.6 is 24.8 Å². The maximum Gasteiger partial charge on any atom is -0.147 e. The Morgan fingerprint density at radius 1 is 1.12 bits per heavy atom. The molecule has 0 aromatic carbocycles. The van der Waals surface area contributed by atoms with Crippen LogP contribution in [0.2, 0.25) is 11.5 Å². The van der Waals surface area contributed by atoms with Crippen molar-refractivity contribution in [3.8, 4) is 0 Å². The van der Waals surface area contributed by atoms with Crippen molar-refractivity contribution in [2.45, 2.75) is 31.3 Å². The van der Waals surface area contributed by atoms with Crippen molar-refractivity contribution in [1.82, 2.24) is 0 Å². The third-order valence-electron chi connectivity index (χ3n) is 3.19. The van der Waals surface area contributed by atoms with Gasteiger partial charge in [-0.3, -0.25) is 0 Å². The smallest absolute Gasteiger partial charge is 0.147 e. The quantitative estimate of drug-likeness (QED) is 0.502. The van der Waals surface area contributed by atoms with Gasteiger partial charge in [-0.25, -0.2) is 0 Å². The summed E-state index contributed by atoms with van der Waals surface area (Å²) in [6, 6.07) is 0. The van der Waals surface area contributed by atoms with E-state index < -0.39 is 29.6 Å². The van der Waals surface area contributed by atoms with E-state index in [9.17, 15) is 0 Å². The fraction of sp³-hybridized carbons (Fsp3) is 0.385. The zero-order chi connectivity index (χ0) is 10.8. The Kier molecular flexibility index (Phi) is 8.65. The Bertz CT molecular complexity index is 381. The molecular weight excluding hydrogens is 478 g/mol. The van der Waals surface area contributed by atoms with Crippen LogP contribution in [0.1, 0.15) is 19.8 Å².